The Morgan fingerprint density at radius 1 is 1.04 bits per heavy atom. The Balaban J connectivity index is 1.60. The van der Waals surface area contributed by atoms with Gasteiger partial charge in [-0.3, -0.25) is 9.47 Å². The van der Waals surface area contributed by atoms with Gasteiger partial charge in [0.1, 0.15) is 5.82 Å². The fraction of sp³-hybridized carbons (Fsp3) is 0.300. The Labute approximate surface area is 167 Å². The van der Waals surface area contributed by atoms with Crippen molar-refractivity contribution in [2.45, 2.75) is 30.3 Å². The van der Waals surface area contributed by atoms with Gasteiger partial charge in [0.2, 0.25) is 0 Å². The Hall–Kier alpha value is -1.89. The molecule has 0 atom stereocenters. The second-order valence-electron chi connectivity index (χ2n) is 6.58. The molecule has 4 nitrogen and oxygen atoms in total. The van der Waals surface area contributed by atoms with E-state index in [9.17, 15) is 4.39 Å². The van der Waals surface area contributed by atoms with E-state index in [1.54, 1.807) is 17.8 Å². The lowest BCUT2D eigenvalue weighted by molar-refractivity contribution is 0.319. The maximum atomic E-state index is 13.3. The van der Waals surface area contributed by atoms with Crippen LogP contribution in [-0.4, -0.2) is 32.8 Å². The first-order valence-electron chi connectivity index (χ1n) is 8.99. The van der Waals surface area contributed by atoms with E-state index in [1.807, 2.05) is 18.2 Å². The van der Waals surface area contributed by atoms with Gasteiger partial charge in [0.25, 0.3) is 0 Å². The van der Waals surface area contributed by atoms with E-state index in [-0.39, 0.29) is 5.82 Å². The fourth-order valence-corrected chi connectivity index (χ4v) is 4.54. The van der Waals surface area contributed by atoms with E-state index >= 15 is 0 Å². The second-order valence-corrected chi connectivity index (χ2v) is 7.93. The Kier molecular flexibility index (Phi) is 5.76. The van der Waals surface area contributed by atoms with Crippen molar-refractivity contribution in [3.63, 3.8) is 0 Å². The topological polar surface area (TPSA) is 34.0 Å². The summed E-state index contributed by atoms with van der Waals surface area (Å²) in [6, 6.07) is 14.6. The van der Waals surface area contributed by atoms with Gasteiger partial charge in [-0.1, -0.05) is 47.6 Å². The van der Waals surface area contributed by atoms with Crippen LogP contribution in [-0.2, 0) is 12.3 Å². The van der Waals surface area contributed by atoms with Crippen LogP contribution < -0.4 is 0 Å². The monoisotopic (exact) mass is 402 g/mol. The van der Waals surface area contributed by atoms with Crippen molar-refractivity contribution in [1.82, 2.24) is 19.7 Å². The highest BCUT2D eigenvalue weighted by Gasteiger charge is 2.19. The normalized spacial score (nSPS) is 14.7. The lowest BCUT2D eigenvalue weighted by Gasteiger charge is -2.16. The molecule has 0 spiro atoms. The smallest absolute Gasteiger partial charge is 0.196 e. The Bertz CT molecular complexity index is 910. The summed E-state index contributed by atoms with van der Waals surface area (Å²) >= 11 is 7.73. The number of rotatable bonds is 6. The van der Waals surface area contributed by atoms with Crippen LogP contribution in [0.5, 0.6) is 0 Å². The van der Waals surface area contributed by atoms with Crippen LogP contribution in [0.3, 0.4) is 0 Å². The van der Waals surface area contributed by atoms with Gasteiger partial charge < -0.3 is 0 Å². The number of halogens is 2. The summed E-state index contributed by atoms with van der Waals surface area (Å²) in [5.41, 5.74) is 1.93. The molecule has 4 rings (SSSR count). The van der Waals surface area contributed by atoms with Crippen LogP contribution in [0.2, 0.25) is 5.02 Å². The molecule has 2 aromatic carbocycles. The molecule has 1 saturated heterocycles. The summed E-state index contributed by atoms with van der Waals surface area (Å²) in [7, 11) is 0. The van der Waals surface area contributed by atoms with E-state index in [1.165, 1.54) is 25.0 Å². The first kappa shape index (κ1) is 18.5. The van der Waals surface area contributed by atoms with Crippen LogP contribution in [0, 0.1) is 5.82 Å². The highest BCUT2D eigenvalue weighted by Crippen LogP contribution is 2.29. The van der Waals surface area contributed by atoms with E-state index in [0.29, 0.717) is 10.8 Å². The molecule has 3 aromatic rings. The zero-order valence-electron chi connectivity index (χ0n) is 14.8. The number of benzene rings is 2. The molecule has 7 heteroatoms. The maximum Gasteiger partial charge on any atom is 0.196 e. The van der Waals surface area contributed by atoms with Gasteiger partial charge in [0.05, 0.1) is 6.54 Å². The molecule has 0 saturated carbocycles. The van der Waals surface area contributed by atoms with Crippen LogP contribution in [0.25, 0.3) is 5.69 Å². The predicted octanol–water partition coefficient (Wildman–Crippen LogP) is 4.95. The summed E-state index contributed by atoms with van der Waals surface area (Å²) in [6.07, 6.45) is 2.48. The molecule has 1 aliphatic rings. The van der Waals surface area contributed by atoms with Gasteiger partial charge in [-0.15, -0.1) is 10.2 Å². The van der Waals surface area contributed by atoms with Crippen LogP contribution in [0.4, 0.5) is 4.39 Å². The van der Waals surface area contributed by atoms with Crippen LogP contribution in [0.1, 0.15) is 24.2 Å². The lowest BCUT2D eigenvalue weighted by Crippen LogP contribution is -2.21. The predicted molar refractivity (Wildman–Crippen MR) is 107 cm³/mol. The number of para-hydroxylation sites is 1. The van der Waals surface area contributed by atoms with Gasteiger partial charge in [0.15, 0.2) is 11.0 Å². The molecule has 0 amide bonds. The van der Waals surface area contributed by atoms with Crippen molar-refractivity contribution < 1.29 is 4.39 Å². The average molecular weight is 403 g/mol. The summed E-state index contributed by atoms with van der Waals surface area (Å²) in [4.78, 5) is 2.41. The van der Waals surface area contributed by atoms with E-state index < -0.39 is 0 Å². The number of likely N-dealkylation sites (tertiary alicyclic amines) is 1. The number of aromatic nitrogens is 3. The largest absolute Gasteiger partial charge is 0.296 e. The van der Waals surface area contributed by atoms with Crippen molar-refractivity contribution in [3.05, 3.63) is 70.8 Å². The third kappa shape index (κ3) is 4.34. The Morgan fingerprint density at radius 3 is 2.56 bits per heavy atom. The highest BCUT2D eigenvalue weighted by molar-refractivity contribution is 7.98. The molecule has 0 N–H and O–H groups in total. The molecule has 27 heavy (non-hydrogen) atoms. The molecule has 0 bridgehead atoms. The number of nitrogens with zero attached hydrogens (tertiary/aromatic N) is 4. The Morgan fingerprint density at radius 2 is 1.81 bits per heavy atom. The minimum Gasteiger partial charge on any atom is -0.296 e. The van der Waals surface area contributed by atoms with E-state index in [0.717, 1.165) is 41.9 Å². The standard InChI is InChI=1S/C20H20ClFN4S/c21-18-12-16(22)9-8-15(18)14-27-20-24-23-19(13-25-10-4-5-11-25)26(20)17-6-2-1-3-7-17/h1-3,6-9,12H,4-5,10-11,13-14H2. The van der Waals surface area contributed by atoms with Crippen LogP contribution in [0.15, 0.2) is 53.7 Å². The summed E-state index contributed by atoms with van der Waals surface area (Å²) in [5.74, 6) is 1.22. The third-order valence-electron chi connectivity index (χ3n) is 4.65. The highest BCUT2D eigenvalue weighted by atomic mass is 35.5. The van der Waals surface area contributed by atoms with E-state index in [2.05, 4.69) is 31.8 Å². The van der Waals surface area contributed by atoms with Crippen molar-refractivity contribution >= 4 is 23.4 Å². The van der Waals surface area contributed by atoms with Gasteiger partial charge in [-0.05, 0) is 55.8 Å². The number of hydrogen-bond donors (Lipinski definition) is 0. The maximum absolute atomic E-state index is 13.3. The molecule has 1 aliphatic heterocycles. The van der Waals surface area contributed by atoms with Crippen molar-refractivity contribution in [1.29, 1.82) is 0 Å². The average Bonchev–Trinajstić information content (AvgIpc) is 3.32. The molecule has 0 aliphatic carbocycles. The molecule has 1 aromatic heterocycles. The van der Waals surface area contributed by atoms with Crippen molar-refractivity contribution in [2.75, 3.05) is 13.1 Å². The molecular formula is C20H20ClFN4S. The zero-order chi connectivity index (χ0) is 18.6. The fourth-order valence-electron chi connectivity index (χ4n) is 3.25. The first-order valence-corrected chi connectivity index (χ1v) is 10.4. The SMILES string of the molecule is Fc1ccc(CSc2nnc(CN3CCCC3)n2-c2ccccc2)c(Cl)c1. The van der Waals surface area contributed by atoms with Crippen molar-refractivity contribution in [2.24, 2.45) is 0 Å². The molecule has 1 fully saturated rings. The molecule has 140 valence electrons. The van der Waals surface area contributed by atoms with Gasteiger partial charge in [-0.2, -0.15) is 0 Å². The number of hydrogen-bond acceptors (Lipinski definition) is 4. The third-order valence-corrected chi connectivity index (χ3v) is 5.98. The van der Waals surface area contributed by atoms with Gasteiger partial charge in [0, 0.05) is 16.5 Å². The van der Waals surface area contributed by atoms with E-state index in [4.69, 9.17) is 11.6 Å². The molecular weight excluding hydrogens is 383 g/mol. The molecule has 2 heterocycles. The van der Waals surface area contributed by atoms with Gasteiger partial charge >= 0.3 is 0 Å². The first-order chi connectivity index (χ1) is 13.2. The lowest BCUT2D eigenvalue weighted by atomic mass is 10.2. The molecule has 0 radical (unpaired) electrons. The summed E-state index contributed by atoms with van der Waals surface area (Å²) in [5, 5.41) is 10.1. The molecule has 0 unspecified atom stereocenters. The quantitative estimate of drug-likeness (QED) is 0.546. The van der Waals surface area contributed by atoms with Gasteiger partial charge in [-0.25, -0.2) is 4.39 Å². The number of thioether (sulfide) groups is 1. The van der Waals surface area contributed by atoms with Crippen molar-refractivity contribution in [3.8, 4) is 5.69 Å². The second kappa shape index (κ2) is 8.42. The summed E-state index contributed by atoms with van der Waals surface area (Å²) in [6.45, 7) is 3.00. The van der Waals surface area contributed by atoms with Crippen LogP contribution >= 0.6 is 23.4 Å². The minimum atomic E-state index is -0.325. The zero-order valence-corrected chi connectivity index (χ0v) is 16.4. The summed E-state index contributed by atoms with van der Waals surface area (Å²) < 4.78 is 15.4. The minimum absolute atomic E-state index is 0.325.